The average Bonchev–Trinajstić information content (AvgIpc) is 2.12. The number of nitrogens with two attached hydrogens (primary N) is 1. The summed E-state index contributed by atoms with van der Waals surface area (Å²) < 4.78 is 0. The standard InChI is InChI=1S/C11H22N4/c1-15-4-2-9(3-5-15)13-10-6-11(7-10,8-10)14-12/h9,13-14H,2-8,12H2,1H3. The highest BCUT2D eigenvalue weighted by molar-refractivity contribution is 5.28. The van der Waals surface area contributed by atoms with E-state index in [9.17, 15) is 0 Å². The predicted molar refractivity (Wildman–Crippen MR) is 60.3 cm³/mol. The summed E-state index contributed by atoms with van der Waals surface area (Å²) in [7, 11) is 2.21. The molecule has 15 heavy (non-hydrogen) atoms. The number of hydrogen-bond donors (Lipinski definition) is 3. The van der Waals surface area contributed by atoms with Crippen LogP contribution < -0.4 is 16.6 Å². The van der Waals surface area contributed by atoms with E-state index in [1.165, 1.54) is 45.2 Å². The van der Waals surface area contributed by atoms with E-state index >= 15 is 0 Å². The molecule has 0 amide bonds. The number of nitrogens with one attached hydrogen (secondary N) is 2. The van der Waals surface area contributed by atoms with Crippen molar-refractivity contribution < 1.29 is 0 Å². The number of rotatable bonds is 3. The van der Waals surface area contributed by atoms with E-state index < -0.39 is 0 Å². The normalized spacial score (nSPS) is 46.0. The predicted octanol–water partition coefficient (Wildman–Crippen LogP) is -0.191. The van der Waals surface area contributed by atoms with Gasteiger partial charge >= 0.3 is 0 Å². The molecule has 4 aliphatic rings. The molecule has 0 aromatic heterocycles. The molecule has 0 atom stereocenters. The number of hydrogen-bond acceptors (Lipinski definition) is 4. The first-order valence-corrected chi connectivity index (χ1v) is 6.09. The Hall–Kier alpha value is -0.160. The lowest BCUT2D eigenvalue weighted by Crippen LogP contribution is -2.84. The van der Waals surface area contributed by atoms with Crippen LogP contribution in [-0.2, 0) is 0 Å². The van der Waals surface area contributed by atoms with Gasteiger partial charge in [-0.2, -0.15) is 0 Å². The molecule has 1 saturated heterocycles. The minimum atomic E-state index is 0.318. The van der Waals surface area contributed by atoms with Gasteiger partial charge in [0, 0.05) is 17.1 Å². The summed E-state index contributed by atoms with van der Waals surface area (Å²) >= 11 is 0. The Morgan fingerprint density at radius 3 is 2.27 bits per heavy atom. The summed E-state index contributed by atoms with van der Waals surface area (Å²) in [5.41, 5.74) is 3.75. The molecule has 1 aliphatic heterocycles. The molecular weight excluding hydrogens is 188 g/mol. The molecule has 86 valence electrons. The Balaban J connectivity index is 1.48. The third-order valence-corrected chi connectivity index (χ3v) is 4.57. The van der Waals surface area contributed by atoms with Crippen molar-refractivity contribution in [1.82, 2.24) is 15.6 Å². The van der Waals surface area contributed by atoms with Crippen LogP contribution in [0.2, 0.25) is 0 Å². The molecule has 4 rings (SSSR count). The van der Waals surface area contributed by atoms with Crippen LogP contribution in [0.4, 0.5) is 0 Å². The zero-order valence-corrected chi connectivity index (χ0v) is 9.55. The van der Waals surface area contributed by atoms with Crippen LogP contribution in [0.3, 0.4) is 0 Å². The summed E-state index contributed by atoms with van der Waals surface area (Å²) in [6, 6.07) is 0.747. The van der Waals surface area contributed by atoms with Gasteiger partial charge in [-0.05, 0) is 52.2 Å². The van der Waals surface area contributed by atoms with E-state index in [2.05, 4.69) is 22.7 Å². The van der Waals surface area contributed by atoms with Gasteiger partial charge in [-0.15, -0.1) is 0 Å². The van der Waals surface area contributed by atoms with E-state index in [1.807, 2.05) is 0 Å². The van der Waals surface area contributed by atoms with Crippen molar-refractivity contribution in [2.45, 2.75) is 49.2 Å². The quantitative estimate of drug-likeness (QED) is 0.446. The lowest BCUT2D eigenvalue weighted by molar-refractivity contribution is -0.113. The Morgan fingerprint density at radius 2 is 1.73 bits per heavy atom. The Bertz CT molecular complexity index is 238. The largest absolute Gasteiger partial charge is 0.308 e. The van der Waals surface area contributed by atoms with Crippen molar-refractivity contribution >= 4 is 0 Å². The fourth-order valence-electron chi connectivity index (χ4n) is 3.68. The third kappa shape index (κ3) is 1.51. The molecule has 0 aromatic carbocycles. The van der Waals surface area contributed by atoms with Gasteiger partial charge in [0.1, 0.15) is 0 Å². The SMILES string of the molecule is CN1CCC(NC23CC(NN)(C2)C3)CC1. The third-order valence-electron chi connectivity index (χ3n) is 4.57. The lowest BCUT2D eigenvalue weighted by Gasteiger charge is -2.71. The molecule has 4 heteroatoms. The number of hydrazine groups is 1. The van der Waals surface area contributed by atoms with Crippen molar-refractivity contribution in [1.29, 1.82) is 0 Å². The van der Waals surface area contributed by atoms with Crippen LogP contribution in [0.5, 0.6) is 0 Å². The zero-order valence-electron chi connectivity index (χ0n) is 9.55. The van der Waals surface area contributed by atoms with Crippen molar-refractivity contribution in [3.63, 3.8) is 0 Å². The van der Waals surface area contributed by atoms with Gasteiger partial charge in [-0.25, -0.2) is 0 Å². The molecule has 0 radical (unpaired) electrons. The molecular formula is C11H22N4. The molecule has 4 nitrogen and oxygen atoms in total. The zero-order chi connectivity index (χ0) is 10.5. The summed E-state index contributed by atoms with van der Waals surface area (Å²) in [6.45, 7) is 2.49. The molecule has 3 aliphatic carbocycles. The van der Waals surface area contributed by atoms with Crippen LogP contribution in [-0.4, -0.2) is 42.2 Å². The van der Waals surface area contributed by atoms with Crippen molar-refractivity contribution in [3.8, 4) is 0 Å². The molecule has 3 saturated carbocycles. The number of nitrogens with zero attached hydrogens (tertiary/aromatic N) is 1. The highest BCUT2D eigenvalue weighted by atomic mass is 15.3. The maximum atomic E-state index is 5.53. The minimum Gasteiger partial charge on any atom is -0.308 e. The molecule has 0 spiro atoms. The molecule has 4 fully saturated rings. The van der Waals surface area contributed by atoms with E-state index in [4.69, 9.17) is 5.84 Å². The first-order valence-electron chi connectivity index (χ1n) is 6.09. The van der Waals surface area contributed by atoms with Gasteiger partial charge in [0.05, 0.1) is 0 Å². The van der Waals surface area contributed by atoms with Crippen LogP contribution in [0.25, 0.3) is 0 Å². The van der Waals surface area contributed by atoms with E-state index in [1.54, 1.807) is 0 Å². The second-order valence-corrected chi connectivity index (χ2v) is 5.96. The van der Waals surface area contributed by atoms with Crippen LogP contribution >= 0.6 is 0 Å². The summed E-state index contributed by atoms with van der Waals surface area (Å²) in [6.07, 6.45) is 6.33. The van der Waals surface area contributed by atoms with Gasteiger partial charge in [0.2, 0.25) is 0 Å². The van der Waals surface area contributed by atoms with Gasteiger partial charge in [-0.1, -0.05) is 0 Å². The second kappa shape index (κ2) is 3.17. The topological polar surface area (TPSA) is 53.3 Å². The lowest BCUT2D eigenvalue weighted by atomic mass is 9.44. The highest BCUT2D eigenvalue weighted by Crippen LogP contribution is 2.60. The molecule has 1 heterocycles. The molecule has 2 bridgehead atoms. The van der Waals surface area contributed by atoms with Crippen LogP contribution in [0, 0.1) is 0 Å². The fourth-order valence-corrected chi connectivity index (χ4v) is 3.68. The van der Waals surface area contributed by atoms with E-state index in [0.717, 1.165) is 6.04 Å². The van der Waals surface area contributed by atoms with Crippen molar-refractivity contribution in [2.75, 3.05) is 20.1 Å². The summed E-state index contributed by atoms with van der Waals surface area (Å²) in [4.78, 5) is 2.42. The second-order valence-electron chi connectivity index (χ2n) is 5.96. The van der Waals surface area contributed by atoms with Crippen molar-refractivity contribution in [3.05, 3.63) is 0 Å². The smallest absolute Gasteiger partial charge is 0.0374 e. The maximum Gasteiger partial charge on any atom is 0.0374 e. The summed E-state index contributed by atoms with van der Waals surface area (Å²) in [5, 5.41) is 3.86. The first-order chi connectivity index (χ1) is 7.15. The highest BCUT2D eigenvalue weighted by Gasteiger charge is 2.67. The Labute approximate surface area is 91.5 Å². The Morgan fingerprint density at radius 1 is 1.13 bits per heavy atom. The first kappa shape index (κ1) is 10.0. The maximum absolute atomic E-state index is 5.53. The van der Waals surface area contributed by atoms with Gasteiger partial charge in [0.25, 0.3) is 0 Å². The van der Waals surface area contributed by atoms with Gasteiger partial charge in [0.15, 0.2) is 0 Å². The summed E-state index contributed by atoms with van der Waals surface area (Å²) in [5.74, 6) is 5.53. The molecule has 0 unspecified atom stereocenters. The molecule has 0 aromatic rings. The van der Waals surface area contributed by atoms with Crippen LogP contribution in [0.15, 0.2) is 0 Å². The monoisotopic (exact) mass is 210 g/mol. The molecule has 4 N–H and O–H groups in total. The number of likely N-dealkylation sites (tertiary alicyclic amines) is 1. The van der Waals surface area contributed by atoms with Gasteiger partial charge in [-0.3, -0.25) is 11.3 Å². The Kier molecular flexibility index (Phi) is 2.12. The van der Waals surface area contributed by atoms with Gasteiger partial charge < -0.3 is 10.2 Å². The fraction of sp³-hybridized carbons (Fsp3) is 1.00. The average molecular weight is 210 g/mol. The van der Waals surface area contributed by atoms with E-state index in [0.29, 0.717) is 11.1 Å². The minimum absolute atomic E-state index is 0.318. The number of piperidine rings is 1. The van der Waals surface area contributed by atoms with Crippen molar-refractivity contribution in [2.24, 2.45) is 5.84 Å². The van der Waals surface area contributed by atoms with Crippen LogP contribution in [0.1, 0.15) is 32.1 Å². The van der Waals surface area contributed by atoms with E-state index in [-0.39, 0.29) is 0 Å².